The van der Waals surface area contributed by atoms with E-state index in [0.717, 1.165) is 17.2 Å². The molecule has 0 amide bonds. The SMILES string of the molecule is CC(O)(C1=CC(=O)OC1O)c1ccc(-c2ccccc2)cc1. The van der Waals surface area contributed by atoms with E-state index in [9.17, 15) is 15.0 Å². The van der Waals surface area contributed by atoms with Crippen molar-refractivity contribution in [2.75, 3.05) is 0 Å². The standard InChI is InChI=1S/C18H16O4/c1-18(21,15-11-16(19)22-17(15)20)14-9-7-13(8-10-14)12-5-3-2-4-6-12/h2-11,17,20-21H,1H3. The van der Waals surface area contributed by atoms with Gasteiger partial charge >= 0.3 is 5.97 Å². The molecule has 112 valence electrons. The molecular formula is C18H16O4. The minimum atomic E-state index is -1.47. The summed E-state index contributed by atoms with van der Waals surface area (Å²) in [5, 5.41) is 20.4. The summed E-state index contributed by atoms with van der Waals surface area (Å²) in [4.78, 5) is 11.2. The van der Waals surface area contributed by atoms with E-state index in [1.807, 2.05) is 42.5 Å². The summed E-state index contributed by atoms with van der Waals surface area (Å²) >= 11 is 0. The lowest BCUT2D eigenvalue weighted by molar-refractivity contribution is -0.152. The molecule has 4 nitrogen and oxygen atoms in total. The normalized spacial score (nSPS) is 20.2. The molecule has 1 aliphatic rings. The molecule has 2 atom stereocenters. The molecule has 0 spiro atoms. The van der Waals surface area contributed by atoms with Gasteiger partial charge in [0.25, 0.3) is 0 Å². The van der Waals surface area contributed by atoms with Crippen LogP contribution < -0.4 is 0 Å². The van der Waals surface area contributed by atoms with Crippen LogP contribution >= 0.6 is 0 Å². The molecule has 3 rings (SSSR count). The number of hydrogen-bond donors (Lipinski definition) is 2. The smallest absolute Gasteiger partial charge is 0.333 e. The average Bonchev–Trinajstić information content (AvgIpc) is 2.88. The second-order valence-corrected chi connectivity index (χ2v) is 5.40. The Balaban J connectivity index is 1.92. The van der Waals surface area contributed by atoms with Crippen molar-refractivity contribution in [3.63, 3.8) is 0 Å². The van der Waals surface area contributed by atoms with Crippen LogP contribution in [0.1, 0.15) is 12.5 Å². The number of ether oxygens (including phenoxy) is 1. The molecule has 2 aromatic carbocycles. The van der Waals surface area contributed by atoms with E-state index in [1.165, 1.54) is 6.92 Å². The third-order valence-corrected chi connectivity index (χ3v) is 3.88. The summed E-state index contributed by atoms with van der Waals surface area (Å²) < 4.78 is 4.64. The molecule has 0 fully saturated rings. The zero-order valence-electron chi connectivity index (χ0n) is 12.1. The first kappa shape index (κ1) is 14.5. The maximum atomic E-state index is 11.2. The first-order chi connectivity index (χ1) is 10.5. The predicted octanol–water partition coefficient (Wildman–Crippen LogP) is 2.36. The van der Waals surface area contributed by atoms with Crippen molar-refractivity contribution >= 4 is 5.97 Å². The Kier molecular flexibility index (Phi) is 3.56. The summed E-state index contributed by atoms with van der Waals surface area (Å²) in [6.45, 7) is 1.53. The van der Waals surface area contributed by atoms with Gasteiger partial charge in [0.1, 0.15) is 5.60 Å². The molecule has 1 aliphatic heterocycles. The molecule has 2 aromatic rings. The Morgan fingerprint density at radius 3 is 2.14 bits per heavy atom. The third kappa shape index (κ3) is 2.54. The van der Waals surface area contributed by atoms with E-state index in [1.54, 1.807) is 12.1 Å². The minimum Gasteiger partial charge on any atom is -0.429 e. The van der Waals surface area contributed by atoms with Crippen LogP contribution in [0.4, 0.5) is 0 Å². The number of benzene rings is 2. The average molecular weight is 296 g/mol. The van der Waals surface area contributed by atoms with Crippen molar-refractivity contribution in [2.45, 2.75) is 18.8 Å². The maximum absolute atomic E-state index is 11.2. The van der Waals surface area contributed by atoms with Gasteiger partial charge in [0.05, 0.1) is 0 Å². The molecule has 0 saturated carbocycles. The largest absolute Gasteiger partial charge is 0.429 e. The molecular weight excluding hydrogens is 280 g/mol. The molecule has 0 aliphatic carbocycles. The number of aliphatic hydroxyl groups excluding tert-OH is 1. The van der Waals surface area contributed by atoms with E-state index in [-0.39, 0.29) is 5.57 Å². The van der Waals surface area contributed by atoms with Crippen molar-refractivity contribution in [2.24, 2.45) is 0 Å². The van der Waals surface area contributed by atoms with E-state index in [2.05, 4.69) is 4.74 Å². The lowest BCUT2D eigenvalue weighted by atomic mass is 9.87. The first-order valence-electron chi connectivity index (χ1n) is 6.97. The van der Waals surface area contributed by atoms with Gasteiger partial charge in [-0.05, 0) is 23.6 Å². The van der Waals surface area contributed by atoms with E-state index < -0.39 is 17.9 Å². The highest BCUT2D eigenvalue weighted by molar-refractivity contribution is 5.86. The molecule has 2 unspecified atom stereocenters. The molecule has 0 saturated heterocycles. The van der Waals surface area contributed by atoms with Crippen molar-refractivity contribution in [3.05, 3.63) is 71.8 Å². The van der Waals surface area contributed by atoms with Crippen LogP contribution in [0.5, 0.6) is 0 Å². The molecule has 0 aromatic heterocycles. The van der Waals surface area contributed by atoms with Gasteiger partial charge in [-0.2, -0.15) is 0 Å². The van der Waals surface area contributed by atoms with Gasteiger partial charge < -0.3 is 14.9 Å². The van der Waals surface area contributed by atoms with E-state index in [0.29, 0.717) is 5.56 Å². The molecule has 0 radical (unpaired) electrons. The van der Waals surface area contributed by atoms with Gasteiger partial charge in [0, 0.05) is 11.6 Å². The Labute approximate surface area is 128 Å². The molecule has 1 heterocycles. The highest BCUT2D eigenvalue weighted by Crippen LogP contribution is 2.35. The molecule has 0 bridgehead atoms. The zero-order chi connectivity index (χ0) is 15.7. The topological polar surface area (TPSA) is 66.8 Å². The van der Waals surface area contributed by atoms with Gasteiger partial charge in [0.2, 0.25) is 6.29 Å². The number of esters is 1. The Morgan fingerprint density at radius 1 is 1.00 bits per heavy atom. The van der Waals surface area contributed by atoms with Gasteiger partial charge in [-0.3, -0.25) is 0 Å². The molecule has 4 heteroatoms. The van der Waals surface area contributed by atoms with Gasteiger partial charge in [-0.15, -0.1) is 0 Å². The lowest BCUT2D eigenvalue weighted by Gasteiger charge is -2.26. The van der Waals surface area contributed by atoms with Crippen LogP contribution in [0.25, 0.3) is 11.1 Å². The summed E-state index contributed by atoms with van der Waals surface area (Å²) in [6, 6.07) is 17.2. The van der Waals surface area contributed by atoms with Crippen molar-refractivity contribution in [3.8, 4) is 11.1 Å². The predicted molar refractivity (Wildman–Crippen MR) is 81.6 cm³/mol. The summed E-state index contributed by atoms with van der Waals surface area (Å²) in [6.07, 6.45) is -0.272. The monoisotopic (exact) mass is 296 g/mol. The van der Waals surface area contributed by atoms with Crippen LogP contribution in [0.15, 0.2) is 66.2 Å². The first-order valence-corrected chi connectivity index (χ1v) is 6.97. The Bertz CT molecular complexity index is 715. The lowest BCUT2D eigenvalue weighted by Crippen LogP contribution is -2.30. The summed E-state index contributed by atoms with van der Waals surface area (Å²) in [5.74, 6) is -0.649. The zero-order valence-corrected chi connectivity index (χ0v) is 12.1. The number of carbonyl (C=O) groups excluding carboxylic acids is 1. The quantitative estimate of drug-likeness (QED) is 0.853. The Hall–Kier alpha value is -2.43. The van der Waals surface area contributed by atoms with Crippen LogP contribution in [0.3, 0.4) is 0 Å². The fraction of sp³-hybridized carbons (Fsp3) is 0.167. The van der Waals surface area contributed by atoms with Crippen molar-refractivity contribution in [1.29, 1.82) is 0 Å². The fourth-order valence-electron chi connectivity index (χ4n) is 2.57. The Morgan fingerprint density at radius 2 is 1.59 bits per heavy atom. The van der Waals surface area contributed by atoms with Crippen LogP contribution in [0, 0.1) is 0 Å². The van der Waals surface area contributed by atoms with E-state index >= 15 is 0 Å². The number of cyclic esters (lactones) is 1. The minimum absolute atomic E-state index is 0.143. The summed E-state index contributed by atoms with van der Waals surface area (Å²) in [5.41, 5.74) is 1.35. The van der Waals surface area contributed by atoms with Gasteiger partial charge in [-0.25, -0.2) is 4.79 Å². The van der Waals surface area contributed by atoms with Gasteiger partial charge in [-0.1, -0.05) is 54.6 Å². The second-order valence-electron chi connectivity index (χ2n) is 5.40. The van der Waals surface area contributed by atoms with Crippen LogP contribution in [-0.2, 0) is 15.1 Å². The molecule has 22 heavy (non-hydrogen) atoms. The highest BCUT2D eigenvalue weighted by atomic mass is 16.6. The van der Waals surface area contributed by atoms with Gasteiger partial charge in [0.15, 0.2) is 0 Å². The highest BCUT2D eigenvalue weighted by Gasteiger charge is 2.38. The van der Waals surface area contributed by atoms with Crippen molar-refractivity contribution in [1.82, 2.24) is 0 Å². The van der Waals surface area contributed by atoms with E-state index in [4.69, 9.17) is 0 Å². The van der Waals surface area contributed by atoms with Crippen LogP contribution in [0.2, 0.25) is 0 Å². The number of rotatable bonds is 3. The second kappa shape index (κ2) is 5.40. The molecule has 2 N–H and O–H groups in total. The fourth-order valence-corrected chi connectivity index (χ4v) is 2.57. The number of aliphatic hydroxyl groups is 2. The van der Waals surface area contributed by atoms with Crippen LogP contribution in [-0.4, -0.2) is 22.5 Å². The van der Waals surface area contributed by atoms with Crippen molar-refractivity contribution < 1.29 is 19.7 Å². The maximum Gasteiger partial charge on any atom is 0.333 e. The number of hydrogen-bond acceptors (Lipinski definition) is 4. The number of carbonyl (C=O) groups is 1. The third-order valence-electron chi connectivity index (χ3n) is 3.88. The summed E-state index contributed by atoms with van der Waals surface area (Å²) in [7, 11) is 0.